The minimum atomic E-state index is -0.517. The van der Waals surface area contributed by atoms with Gasteiger partial charge >= 0.3 is 0 Å². The lowest BCUT2D eigenvalue weighted by molar-refractivity contribution is 0.103. The van der Waals surface area contributed by atoms with Gasteiger partial charge in [-0.2, -0.15) is 0 Å². The number of nitrogens with one attached hydrogen (secondary N) is 1. The van der Waals surface area contributed by atoms with Gasteiger partial charge in [-0.25, -0.2) is 0 Å². The van der Waals surface area contributed by atoms with Gasteiger partial charge in [-0.1, -0.05) is 0 Å². The number of aromatic hydroxyl groups is 2. The SMILES string of the molecule is COC1=CC(=O)c2c(O)cc(O)c(N)c2C1=N. The molecule has 0 spiro atoms. The number of anilines is 1. The Bertz CT molecular complexity index is 575. The Morgan fingerprint density at radius 2 is 1.94 bits per heavy atom. The first-order valence-corrected chi connectivity index (χ1v) is 4.71. The van der Waals surface area contributed by atoms with Gasteiger partial charge in [-0.05, 0) is 0 Å². The molecule has 0 unspecified atom stereocenters. The molecular weight excluding hydrogens is 224 g/mol. The number of nitrogens with two attached hydrogens (primary N) is 1. The number of phenolic OH excluding ortho intramolecular Hbond substituents is 2. The van der Waals surface area contributed by atoms with Gasteiger partial charge in [-0.3, -0.25) is 10.2 Å². The van der Waals surface area contributed by atoms with E-state index in [1.54, 1.807) is 0 Å². The summed E-state index contributed by atoms with van der Waals surface area (Å²) in [5.41, 5.74) is 5.23. The Morgan fingerprint density at radius 1 is 1.29 bits per heavy atom. The molecule has 0 amide bonds. The van der Waals surface area contributed by atoms with Gasteiger partial charge in [0.15, 0.2) is 5.78 Å². The maximum absolute atomic E-state index is 11.7. The second-order valence-corrected chi connectivity index (χ2v) is 3.53. The van der Waals surface area contributed by atoms with Gasteiger partial charge in [0.25, 0.3) is 0 Å². The third-order valence-electron chi connectivity index (χ3n) is 2.55. The number of fused-ring (bicyclic) bond motifs is 1. The number of methoxy groups -OCH3 is 1. The molecule has 1 aromatic rings. The van der Waals surface area contributed by atoms with Gasteiger partial charge in [0.2, 0.25) is 0 Å². The second kappa shape index (κ2) is 3.51. The van der Waals surface area contributed by atoms with Crippen molar-refractivity contribution >= 4 is 17.2 Å². The number of carbonyl (C=O) groups excluding carboxylic acids is 1. The van der Waals surface area contributed by atoms with Crippen LogP contribution in [0.1, 0.15) is 15.9 Å². The van der Waals surface area contributed by atoms with Crippen LogP contribution in [-0.4, -0.2) is 28.8 Å². The van der Waals surface area contributed by atoms with E-state index in [-0.39, 0.29) is 34.0 Å². The quantitative estimate of drug-likeness (QED) is 0.325. The van der Waals surface area contributed by atoms with Crippen molar-refractivity contribution in [3.05, 3.63) is 29.0 Å². The molecule has 0 saturated carbocycles. The fraction of sp³-hybridized carbons (Fsp3) is 0.0909. The monoisotopic (exact) mass is 234 g/mol. The smallest absolute Gasteiger partial charge is 0.194 e. The number of allylic oxidation sites excluding steroid dienone is 2. The number of hydrogen-bond donors (Lipinski definition) is 4. The van der Waals surface area contributed by atoms with Gasteiger partial charge < -0.3 is 20.7 Å². The number of ketones is 1. The molecule has 6 heteroatoms. The lowest BCUT2D eigenvalue weighted by Gasteiger charge is -2.19. The Morgan fingerprint density at radius 3 is 2.53 bits per heavy atom. The molecule has 6 nitrogen and oxygen atoms in total. The van der Waals surface area contributed by atoms with E-state index in [1.165, 1.54) is 7.11 Å². The van der Waals surface area contributed by atoms with Crippen molar-refractivity contribution in [3.63, 3.8) is 0 Å². The van der Waals surface area contributed by atoms with E-state index in [9.17, 15) is 15.0 Å². The summed E-state index contributed by atoms with van der Waals surface area (Å²) < 4.78 is 4.86. The van der Waals surface area contributed by atoms with Gasteiger partial charge in [0.05, 0.1) is 18.4 Å². The standard InChI is InChI=1S/C11H10N2O4/c1-17-7-3-5(15)8-4(14)2-6(16)10(12)9(8)11(7)13/h2-3,13-14,16H,12H2,1H3. The van der Waals surface area contributed by atoms with E-state index in [1.807, 2.05) is 0 Å². The van der Waals surface area contributed by atoms with Gasteiger partial charge in [0, 0.05) is 17.7 Å². The Balaban J connectivity index is 2.80. The molecule has 1 aliphatic rings. The zero-order valence-electron chi connectivity index (χ0n) is 8.94. The summed E-state index contributed by atoms with van der Waals surface area (Å²) in [5.74, 6) is -1.26. The summed E-state index contributed by atoms with van der Waals surface area (Å²) in [6.45, 7) is 0. The molecule has 0 atom stereocenters. The van der Waals surface area contributed by atoms with Crippen molar-refractivity contribution in [2.45, 2.75) is 0 Å². The highest BCUT2D eigenvalue weighted by atomic mass is 16.5. The lowest BCUT2D eigenvalue weighted by atomic mass is 9.90. The summed E-state index contributed by atoms with van der Waals surface area (Å²) >= 11 is 0. The molecule has 88 valence electrons. The third kappa shape index (κ3) is 1.42. The number of carbonyl (C=O) groups is 1. The van der Waals surface area contributed by atoms with E-state index in [4.69, 9.17) is 15.9 Å². The fourth-order valence-corrected chi connectivity index (χ4v) is 1.73. The Kier molecular flexibility index (Phi) is 2.27. The van der Waals surface area contributed by atoms with Crippen molar-refractivity contribution in [2.24, 2.45) is 0 Å². The zero-order valence-corrected chi connectivity index (χ0v) is 8.94. The van der Waals surface area contributed by atoms with E-state index in [2.05, 4.69) is 0 Å². The van der Waals surface area contributed by atoms with Crippen LogP contribution in [0.2, 0.25) is 0 Å². The highest BCUT2D eigenvalue weighted by Crippen LogP contribution is 2.38. The Hall–Kier alpha value is -2.50. The first-order valence-electron chi connectivity index (χ1n) is 4.71. The second-order valence-electron chi connectivity index (χ2n) is 3.53. The normalized spacial score (nSPS) is 14.3. The van der Waals surface area contributed by atoms with E-state index < -0.39 is 11.5 Å². The molecular formula is C11H10N2O4. The molecule has 0 aliphatic heterocycles. The lowest BCUT2D eigenvalue weighted by Crippen LogP contribution is -2.20. The first kappa shape index (κ1) is 11.0. The zero-order chi connectivity index (χ0) is 12.7. The highest BCUT2D eigenvalue weighted by Gasteiger charge is 2.30. The highest BCUT2D eigenvalue weighted by molar-refractivity contribution is 6.28. The van der Waals surface area contributed by atoms with Crippen LogP contribution in [0.4, 0.5) is 5.69 Å². The minimum absolute atomic E-state index is 0.00755. The van der Waals surface area contributed by atoms with Crippen LogP contribution in [-0.2, 0) is 4.74 Å². The van der Waals surface area contributed by atoms with Crippen molar-refractivity contribution in [2.75, 3.05) is 12.8 Å². The average Bonchev–Trinajstić information content (AvgIpc) is 2.28. The minimum Gasteiger partial charge on any atom is -0.507 e. The number of nitrogen functional groups attached to an aromatic ring is 1. The van der Waals surface area contributed by atoms with Crippen molar-refractivity contribution in [1.82, 2.24) is 0 Å². The number of rotatable bonds is 1. The molecule has 0 radical (unpaired) electrons. The van der Waals surface area contributed by atoms with Crippen LogP contribution in [0, 0.1) is 5.41 Å². The van der Waals surface area contributed by atoms with E-state index >= 15 is 0 Å². The summed E-state index contributed by atoms with van der Waals surface area (Å²) in [6, 6.07) is 0.977. The maximum Gasteiger partial charge on any atom is 0.194 e. The number of benzene rings is 1. The molecule has 0 bridgehead atoms. The predicted molar refractivity (Wildman–Crippen MR) is 60.4 cm³/mol. The fourth-order valence-electron chi connectivity index (χ4n) is 1.73. The number of hydrogen-bond acceptors (Lipinski definition) is 6. The molecule has 2 rings (SSSR count). The van der Waals surface area contributed by atoms with Crippen LogP contribution >= 0.6 is 0 Å². The van der Waals surface area contributed by atoms with Gasteiger partial charge in [0.1, 0.15) is 23.0 Å². The predicted octanol–water partition coefficient (Wildman–Crippen LogP) is 0.774. The molecule has 17 heavy (non-hydrogen) atoms. The molecule has 1 aromatic carbocycles. The summed E-state index contributed by atoms with van der Waals surface area (Å²) in [4.78, 5) is 11.7. The maximum atomic E-state index is 11.7. The molecule has 0 aromatic heterocycles. The largest absolute Gasteiger partial charge is 0.507 e. The van der Waals surface area contributed by atoms with Crippen molar-refractivity contribution in [3.8, 4) is 11.5 Å². The topological polar surface area (TPSA) is 117 Å². The number of phenols is 2. The van der Waals surface area contributed by atoms with Crippen LogP contribution in [0.15, 0.2) is 17.9 Å². The summed E-state index contributed by atoms with van der Waals surface area (Å²) in [7, 11) is 1.32. The van der Waals surface area contributed by atoms with Crippen LogP contribution in [0.3, 0.4) is 0 Å². The van der Waals surface area contributed by atoms with Crippen LogP contribution in [0.5, 0.6) is 11.5 Å². The van der Waals surface area contributed by atoms with Crippen molar-refractivity contribution < 1.29 is 19.7 Å². The Labute approximate surface area is 96.4 Å². The summed E-state index contributed by atoms with van der Waals surface area (Å²) in [6.07, 6.45) is 1.10. The molecule has 5 N–H and O–H groups in total. The average molecular weight is 234 g/mol. The van der Waals surface area contributed by atoms with E-state index in [0.717, 1.165) is 12.1 Å². The molecule has 0 fully saturated rings. The number of ether oxygens (including phenoxy) is 1. The first-order chi connectivity index (χ1) is 7.97. The van der Waals surface area contributed by atoms with E-state index in [0.29, 0.717) is 0 Å². The molecule has 0 heterocycles. The van der Waals surface area contributed by atoms with Crippen LogP contribution < -0.4 is 5.73 Å². The van der Waals surface area contributed by atoms with Crippen LogP contribution in [0.25, 0.3) is 0 Å². The summed E-state index contributed by atoms with van der Waals surface area (Å²) in [5, 5.41) is 26.9. The third-order valence-corrected chi connectivity index (χ3v) is 2.55. The van der Waals surface area contributed by atoms with Crippen molar-refractivity contribution in [1.29, 1.82) is 5.41 Å². The molecule has 1 aliphatic carbocycles. The molecule has 0 saturated heterocycles. The van der Waals surface area contributed by atoms with Gasteiger partial charge in [-0.15, -0.1) is 0 Å².